The molecule has 15 heavy (non-hydrogen) atoms. The first kappa shape index (κ1) is 11.7. The summed E-state index contributed by atoms with van der Waals surface area (Å²) < 4.78 is 4.99. The van der Waals surface area contributed by atoms with E-state index < -0.39 is 11.9 Å². The molecule has 0 radical (unpaired) electrons. The van der Waals surface area contributed by atoms with Crippen molar-refractivity contribution in [2.45, 2.75) is 6.61 Å². The van der Waals surface area contributed by atoms with Crippen LogP contribution in [0.2, 0.25) is 0 Å². The second-order valence-corrected chi connectivity index (χ2v) is 3.21. The van der Waals surface area contributed by atoms with E-state index in [9.17, 15) is 4.79 Å². The highest BCUT2D eigenvalue weighted by Gasteiger charge is 2.16. The molecule has 0 saturated heterocycles. The third-order valence-corrected chi connectivity index (χ3v) is 2.06. The smallest absolute Gasteiger partial charge is 0.312 e. The number of benzene rings is 1. The molecule has 1 rings (SSSR count). The van der Waals surface area contributed by atoms with Gasteiger partial charge in [-0.25, -0.2) is 0 Å². The average Bonchev–Trinajstić information content (AvgIpc) is 2.29. The van der Waals surface area contributed by atoms with Crippen LogP contribution in [0.1, 0.15) is 5.56 Å². The third-order valence-electron chi connectivity index (χ3n) is 2.06. The quantitative estimate of drug-likeness (QED) is 0.684. The summed E-state index contributed by atoms with van der Waals surface area (Å²) in [6, 6.07) is 9.36. The fourth-order valence-electron chi connectivity index (χ4n) is 1.09. The Kier molecular flexibility index (Phi) is 4.80. The predicted octanol–water partition coefficient (Wildman–Crippen LogP) is 0.297. The Labute approximate surface area is 88.7 Å². The van der Waals surface area contributed by atoms with Crippen LogP contribution >= 0.6 is 0 Å². The zero-order chi connectivity index (χ0) is 11.1. The molecule has 0 saturated carbocycles. The first-order chi connectivity index (χ1) is 7.27. The van der Waals surface area contributed by atoms with Gasteiger partial charge in [-0.05, 0) is 5.56 Å². The van der Waals surface area contributed by atoms with E-state index in [-0.39, 0.29) is 19.8 Å². The number of aliphatic hydroxyl groups excluding tert-OH is 1. The molecule has 1 atom stereocenters. The molecule has 0 fully saturated rings. The molecule has 0 aliphatic rings. The van der Waals surface area contributed by atoms with Gasteiger partial charge in [0.05, 0.1) is 12.5 Å². The highest BCUT2D eigenvalue weighted by molar-refractivity contribution is 5.72. The molecule has 4 heteroatoms. The molecular weight excluding hydrogens is 194 g/mol. The van der Waals surface area contributed by atoms with Crippen LogP contribution in [0, 0.1) is 5.92 Å². The number of carbonyl (C=O) groups excluding carboxylic acids is 1. The van der Waals surface area contributed by atoms with Gasteiger partial charge >= 0.3 is 5.97 Å². The van der Waals surface area contributed by atoms with Gasteiger partial charge < -0.3 is 15.6 Å². The molecule has 82 valence electrons. The van der Waals surface area contributed by atoms with E-state index >= 15 is 0 Å². The molecule has 0 aliphatic carbocycles. The Balaban J connectivity index is 2.40. The Morgan fingerprint density at radius 1 is 1.40 bits per heavy atom. The molecule has 0 bridgehead atoms. The summed E-state index contributed by atoms with van der Waals surface area (Å²) in [6.07, 6.45) is 0. The molecule has 0 unspecified atom stereocenters. The van der Waals surface area contributed by atoms with E-state index in [1.54, 1.807) is 0 Å². The number of carbonyl (C=O) groups is 1. The van der Waals surface area contributed by atoms with Crippen molar-refractivity contribution in [2.75, 3.05) is 13.2 Å². The zero-order valence-electron chi connectivity index (χ0n) is 8.43. The monoisotopic (exact) mass is 209 g/mol. The lowest BCUT2D eigenvalue weighted by Crippen LogP contribution is -2.28. The summed E-state index contributed by atoms with van der Waals surface area (Å²) in [6.45, 7) is 0.0461. The van der Waals surface area contributed by atoms with E-state index in [2.05, 4.69) is 0 Å². The normalized spacial score (nSPS) is 12.1. The molecule has 0 heterocycles. The van der Waals surface area contributed by atoms with Crippen molar-refractivity contribution in [1.29, 1.82) is 0 Å². The molecule has 0 spiro atoms. The van der Waals surface area contributed by atoms with Gasteiger partial charge in [-0.2, -0.15) is 0 Å². The minimum absolute atomic E-state index is 0.101. The second-order valence-electron chi connectivity index (χ2n) is 3.21. The standard InChI is InChI=1S/C11H15NO3/c12-6-10(7-13)11(14)15-8-9-4-2-1-3-5-9/h1-5,10,13H,6-8,12H2/t10-/m1/s1. The van der Waals surface area contributed by atoms with Crippen molar-refractivity contribution >= 4 is 5.97 Å². The number of hydrogen-bond donors (Lipinski definition) is 2. The number of ether oxygens (including phenoxy) is 1. The van der Waals surface area contributed by atoms with Crippen LogP contribution in [0.4, 0.5) is 0 Å². The minimum atomic E-state index is -0.617. The van der Waals surface area contributed by atoms with Crippen LogP contribution in [0.5, 0.6) is 0 Å². The van der Waals surface area contributed by atoms with Gasteiger partial charge in [0.2, 0.25) is 0 Å². The van der Waals surface area contributed by atoms with Crippen molar-refractivity contribution in [3.05, 3.63) is 35.9 Å². The minimum Gasteiger partial charge on any atom is -0.460 e. The van der Waals surface area contributed by atoms with Crippen LogP contribution in [-0.2, 0) is 16.1 Å². The Morgan fingerprint density at radius 2 is 2.07 bits per heavy atom. The van der Waals surface area contributed by atoms with Gasteiger partial charge in [-0.15, -0.1) is 0 Å². The second kappa shape index (κ2) is 6.16. The van der Waals surface area contributed by atoms with Crippen LogP contribution in [0.25, 0.3) is 0 Å². The predicted molar refractivity (Wildman–Crippen MR) is 55.9 cm³/mol. The Hall–Kier alpha value is -1.39. The molecule has 1 aromatic carbocycles. The SMILES string of the molecule is NC[C@H](CO)C(=O)OCc1ccccc1. The number of hydrogen-bond acceptors (Lipinski definition) is 4. The lowest BCUT2D eigenvalue weighted by Gasteiger charge is -2.10. The van der Waals surface area contributed by atoms with Crippen molar-refractivity contribution < 1.29 is 14.6 Å². The molecule has 3 N–H and O–H groups in total. The van der Waals surface area contributed by atoms with Gasteiger partial charge in [0, 0.05) is 6.54 Å². The molecule has 1 aromatic rings. The van der Waals surface area contributed by atoms with Crippen molar-refractivity contribution in [3.63, 3.8) is 0 Å². The molecule has 0 aromatic heterocycles. The first-order valence-electron chi connectivity index (χ1n) is 4.79. The van der Waals surface area contributed by atoms with Gasteiger partial charge in [-0.1, -0.05) is 30.3 Å². The van der Waals surface area contributed by atoms with Crippen molar-refractivity contribution in [1.82, 2.24) is 0 Å². The van der Waals surface area contributed by atoms with Crippen molar-refractivity contribution in [3.8, 4) is 0 Å². The Morgan fingerprint density at radius 3 is 2.60 bits per heavy atom. The maximum atomic E-state index is 11.3. The summed E-state index contributed by atoms with van der Waals surface area (Å²) in [5.41, 5.74) is 6.21. The van der Waals surface area contributed by atoms with Crippen LogP contribution in [0.15, 0.2) is 30.3 Å². The average molecular weight is 209 g/mol. The largest absolute Gasteiger partial charge is 0.460 e. The van der Waals surface area contributed by atoms with Gasteiger partial charge in [0.15, 0.2) is 0 Å². The number of rotatable bonds is 5. The number of nitrogens with two attached hydrogens (primary N) is 1. The fraction of sp³-hybridized carbons (Fsp3) is 0.364. The molecule has 0 aliphatic heterocycles. The highest BCUT2D eigenvalue weighted by Crippen LogP contribution is 2.03. The first-order valence-corrected chi connectivity index (χ1v) is 4.79. The van der Waals surface area contributed by atoms with E-state index in [1.807, 2.05) is 30.3 Å². The topological polar surface area (TPSA) is 72.5 Å². The summed E-state index contributed by atoms with van der Waals surface area (Å²) in [7, 11) is 0. The third kappa shape index (κ3) is 3.69. The Bertz CT molecular complexity index is 296. The van der Waals surface area contributed by atoms with Crippen LogP contribution in [-0.4, -0.2) is 24.2 Å². The zero-order valence-corrected chi connectivity index (χ0v) is 8.43. The van der Waals surface area contributed by atoms with E-state index in [4.69, 9.17) is 15.6 Å². The van der Waals surface area contributed by atoms with Crippen LogP contribution in [0.3, 0.4) is 0 Å². The van der Waals surface area contributed by atoms with E-state index in [0.29, 0.717) is 0 Å². The van der Waals surface area contributed by atoms with Crippen LogP contribution < -0.4 is 5.73 Å². The molecule has 0 amide bonds. The van der Waals surface area contributed by atoms with Crippen molar-refractivity contribution in [2.24, 2.45) is 11.7 Å². The molecular formula is C11H15NO3. The summed E-state index contributed by atoms with van der Waals surface area (Å²) >= 11 is 0. The maximum absolute atomic E-state index is 11.3. The highest BCUT2D eigenvalue weighted by atomic mass is 16.5. The lowest BCUT2D eigenvalue weighted by atomic mass is 10.1. The van der Waals surface area contributed by atoms with E-state index in [1.165, 1.54) is 0 Å². The summed E-state index contributed by atoms with van der Waals surface area (Å²) in [4.78, 5) is 11.3. The number of esters is 1. The van der Waals surface area contributed by atoms with E-state index in [0.717, 1.165) is 5.56 Å². The number of aliphatic hydroxyl groups is 1. The van der Waals surface area contributed by atoms with Gasteiger partial charge in [0.25, 0.3) is 0 Å². The van der Waals surface area contributed by atoms with Gasteiger partial charge in [0.1, 0.15) is 6.61 Å². The molecule has 4 nitrogen and oxygen atoms in total. The van der Waals surface area contributed by atoms with Gasteiger partial charge in [-0.3, -0.25) is 4.79 Å². The summed E-state index contributed by atoms with van der Waals surface area (Å²) in [5, 5.41) is 8.81. The lowest BCUT2D eigenvalue weighted by molar-refractivity contribution is -0.150. The summed E-state index contributed by atoms with van der Waals surface area (Å²) in [5.74, 6) is -1.07. The maximum Gasteiger partial charge on any atom is 0.312 e. The fourth-order valence-corrected chi connectivity index (χ4v) is 1.09.